The molecule has 2 aliphatic rings. The summed E-state index contributed by atoms with van der Waals surface area (Å²) in [5, 5.41) is 6.22. The molecule has 8 heteroatoms. The minimum Gasteiger partial charge on any atom is -0.459 e. The second-order valence-electron chi connectivity index (χ2n) is 7.81. The molecule has 1 aromatic carbocycles. The molecule has 1 amide bonds. The number of hydrogen-bond acceptors (Lipinski definition) is 5. The van der Waals surface area contributed by atoms with Crippen molar-refractivity contribution in [2.24, 2.45) is 4.99 Å². The maximum atomic E-state index is 12.0. The normalized spacial score (nSPS) is 21.7. The summed E-state index contributed by atoms with van der Waals surface area (Å²) >= 11 is 0. The lowest BCUT2D eigenvalue weighted by atomic mass is 10.1. The molecule has 8 nitrogen and oxygen atoms in total. The van der Waals surface area contributed by atoms with Gasteiger partial charge in [-0.1, -0.05) is 30.3 Å². The largest absolute Gasteiger partial charge is 0.459 e. The minimum absolute atomic E-state index is 0.181. The Morgan fingerprint density at radius 1 is 1.16 bits per heavy atom. The number of likely N-dealkylation sites (tertiary alicyclic amines) is 1. The molecule has 2 aliphatic heterocycles. The van der Waals surface area contributed by atoms with E-state index in [9.17, 15) is 4.79 Å². The van der Waals surface area contributed by atoms with Crippen LogP contribution in [0.5, 0.6) is 0 Å². The van der Waals surface area contributed by atoms with Gasteiger partial charge in [-0.15, -0.1) is 0 Å². The van der Waals surface area contributed by atoms with Crippen molar-refractivity contribution in [3.63, 3.8) is 0 Å². The van der Waals surface area contributed by atoms with E-state index in [-0.39, 0.29) is 12.0 Å². The fraction of sp³-hybridized carbons (Fsp3) is 0.478. The van der Waals surface area contributed by atoms with Crippen LogP contribution in [-0.4, -0.2) is 79.7 Å². The van der Waals surface area contributed by atoms with Crippen molar-refractivity contribution >= 4 is 11.9 Å². The summed E-state index contributed by atoms with van der Waals surface area (Å²) in [5.74, 6) is 0.963. The molecule has 166 valence electrons. The zero-order valence-electron chi connectivity index (χ0n) is 18.0. The van der Waals surface area contributed by atoms with Crippen LogP contribution in [-0.2, 0) is 11.3 Å². The molecular formula is C23H31N5O3. The van der Waals surface area contributed by atoms with E-state index in [0.717, 1.165) is 45.3 Å². The molecule has 3 heterocycles. The fourth-order valence-corrected chi connectivity index (χ4v) is 4.20. The third kappa shape index (κ3) is 5.45. The summed E-state index contributed by atoms with van der Waals surface area (Å²) in [6, 6.07) is 14.3. The van der Waals surface area contributed by atoms with E-state index in [2.05, 4.69) is 57.7 Å². The number of nitrogens with one attached hydrogen (secondary N) is 2. The number of rotatable bonds is 7. The van der Waals surface area contributed by atoms with E-state index in [1.807, 2.05) is 0 Å². The Morgan fingerprint density at radius 3 is 2.81 bits per heavy atom. The SMILES string of the molecule is CCNC(=NCCNC(=O)c1ccco1)N1CC2OCCN(Cc3ccccc3)C2C1. The van der Waals surface area contributed by atoms with Crippen LogP contribution >= 0.6 is 0 Å². The zero-order valence-corrected chi connectivity index (χ0v) is 18.0. The molecule has 0 bridgehead atoms. The van der Waals surface area contributed by atoms with Crippen molar-refractivity contribution in [1.29, 1.82) is 0 Å². The topological polar surface area (TPSA) is 82.3 Å². The average Bonchev–Trinajstić information content (AvgIpc) is 3.47. The highest BCUT2D eigenvalue weighted by Gasteiger charge is 2.41. The van der Waals surface area contributed by atoms with Gasteiger partial charge < -0.3 is 24.7 Å². The molecule has 4 rings (SSSR count). The number of benzene rings is 1. The van der Waals surface area contributed by atoms with Gasteiger partial charge in [0.25, 0.3) is 5.91 Å². The lowest BCUT2D eigenvalue weighted by molar-refractivity contribution is -0.0502. The Kier molecular flexibility index (Phi) is 7.22. The summed E-state index contributed by atoms with van der Waals surface area (Å²) in [6.07, 6.45) is 1.67. The fourth-order valence-electron chi connectivity index (χ4n) is 4.20. The molecule has 1 aromatic heterocycles. The number of guanidine groups is 1. The van der Waals surface area contributed by atoms with E-state index < -0.39 is 0 Å². The number of nitrogens with zero attached hydrogens (tertiary/aromatic N) is 3. The molecule has 2 N–H and O–H groups in total. The number of aliphatic imine (C=N–C) groups is 1. The standard InChI is InChI=1S/C23H31N5O3/c1-2-24-23(26-11-10-25-22(29)20-9-6-13-30-20)28-16-19-21(17-28)31-14-12-27(19)15-18-7-4-3-5-8-18/h3-9,13,19,21H,2,10-12,14-17H2,1H3,(H,24,26)(H,25,29). The van der Waals surface area contributed by atoms with Crippen molar-refractivity contribution < 1.29 is 13.9 Å². The summed E-state index contributed by atoms with van der Waals surface area (Å²) < 4.78 is 11.2. The van der Waals surface area contributed by atoms with Gasteiger partial charge in [0.15, 0.2) is 11.7 Å². The number of furan rings is 1. The highest BCUT2D eigenvalue weighted by molar-refractivity contribution is 5.91. The Labute approximate surface area is 183 Å². The highest BCUT2D eigenvalue weighted by atomic mass is 16.5. The Balaban J connectivity index is 1.34. The first-order valence-electron chi connectivity index (χ1n) is 11.0. The minimum atomic E-state index is -0.220. The first-order valence-corrected chi connectivity index (χ1v) is 11.0. The monoisotopic (exact) mass is 425 g/mol. The van der Waals surface area contributed by atoms with Gasteiger partial charge in [-0.3, -0.25) is 14.7 Å². The van der Waals surface area contributed by atoms with Gasteiger partial charge in [0, 0.05) is 39.3 Å². The predicted molar refractivity (Wildman–Crippen MR) is 119 cm³/mol. The van der Waals surface area contributed by atoms with Crippen LogP contribution in [0.4, 0.5) is 0 Å². The molecule has 31 heavy (non-hydrogen) atoms. The van der Waals surface area contributed by atoms with Crippen molar-refractivity contribution in [1.82, 2.24) is 20.4 Å². The molecule has 0 radical (unpaired) electrons. The summed E-state index contributed by atoms with van der Waals surface area (Å²) in [4.78, 5) is 21.5. The summed E-state index contributed by atoms with van der Waals surface area (Å²) in [7, 11) is 0. The maximum Gasteiger partial charge on any atom is 0.287 e. The third-order valence-corrected chi connectivity index (χ3v) is 5.68. The number of carbonyl (C=O) groups excluding carboxylic acids is 1. The average molecular weight is 426 g/mol. The molecule has 2 fully saturated rings. The molecule has 2 unspecified atom stereocenters. The summed E-state index contributed by atoms with van der Waals surface area (Å²) in [6.45, 7) is 8.13. The Bertz CT molecular complexity index is 855. The predicted octanol–water partition coefficient (Wildman–Crippen LogP) is 1.56. The smallest absolute Gasteiger partial charge is 0.287 e. The van der Waals surface area contributed by atoms with E-state index in [4.69, 9.17) is 14.1 Å². The van der Waals surface area contributed by atoms with Crippen molar-refractivity contribution in [2.75, 3.05) is 45.9 Å². The maximum absolute atomic E-state index is 12.0. The van der Waals surface area contributed by atoms with E-state index in [1.54, 1.807) is 12.1 Å². The van der Waals surface area contributed by atoms with Gasteiger partial charge in [-0.25, -0.2) is 0 Å². The third-order valence-electron chi connectivity index (χ3n) is 5.68. The number of fused-ring (bicyclic) bond motifs is 1. The van der Waals surface area contributed by atoms with Crippen molar-refractivity contribution in [3.05, 3.63) is 60.1 Å². The molecule has 2 saturated heterocycles. The van der Waals surface area contributed by atoms with Crippen LogP contribution in [0.15, 0.2) is 58.1 Å². The van der Waals surface area contributed by atoms with Crippen LogP contribution in [0.3, 0.4) is 0 Å². The Morgan fingerprint density at radius 2 is 2.03 bits per heavy atom. The number of amides is 1. The van der Waals surface area contributed by atoms with Gasteiger partial charge in [-0.05, 0) is 24.6 Å². The van der Waals surface area contributed by atoms with Crippen LogP contribution in [0, 0.1) is 0 Å². The van der Waals surface area contributed by atoms with Gasteiger partial charge in [0.05, 0.1) is 31.6 Å². The highest BCUT2D eigenvalue weighted by Crippen LogP contribution is 2.24. The van der Waals surface area contributed by atoms with E-state index >= 15 is 0 Å². The molecule has 2 atom stereocenters. The van der Waals surface area contributed by atoms with E-state index in [0.29, 0.717) is 24.9 Å². The number of carbonyl (C=O) groups is 1. The molecule has 0 spiro atoms. The number of morpholine rings is 1. The quantitative estimate of drug-likeness (QED) is 0.398. The molecule has 2 aromatic rings. The first-order chi connectivity index (χ1) is 15.2. The number of hydrogen-bond donors (Lipinski definition) is 2. The van der Waals surface area contributed by atoms with Crippen LogP contribution in [0.1, 0.15) is 23.0 Å². The Hall–Kier alpha value is -2.84. The van der Waals surface area contributed by atoms with Crippen LogP contribution in [0.25, 0.3) is 0 Å². The van der Waals surface area contributed by atoms with Gasteiger partial charge in [0.1, 0.15) is 0 Å². The van der Waals surface area contributed by atoms with Crippen molar-refractivity contribution in [3.8, 4) is 0 Å². The van der Waals surface area contributed by atoms with E-state index in [1.165, 1.54) is 11.8 Å². The second-order valence-corrected chi connectivity index (χ2v) is 7.81. The molecule has 0 saturated carbocycles. The van der Waals surface area contributed by atoms with Gasteiger partial charge in [-0.2, -0.15) is 0 Å². The molecule has 0 aliphatic carbocycles. The lowest BCUT2D eigenvalue weighted by Crippen LogP contribution is -2.50. The molecular weight excluding hydrogens is 394 g/mol. The van der Waals surface area contributed by atoms with Crippen LogP contribution in [0.2, 0.25) is 0 Å². The first kappa shape index (κ1) is 21.4. The van der Waals surface area contributed by atoms with Crippen molar-refractivity contribution in [2.45, 2.75) is 25.6 Å². The number of ether oxygens (including phenoxy) is 1. The lowest BCUT2D eigenvalue weighted by Gasteiger charge is -2.36. The zero-order chi connectivity index (χ0) is 21.5. The summed E-state index contributed by atoms with van der Waals surface area (Å²) in [5.41, 5.74) is 1.33. The van der Waals surface area contributed by atoms with Crippen LogP contribution < -0.4 is 10.6 Å². The van der Waals surface area contributed by atoms with Gasteiger partial charge in [0.2, 0.25) is 0 Å². The second kappa shape index (κ2) is 10.5. The van der Waals surface area contributed by atoms with Gasteiger partial charge >= 0.3 is 0 Å².